The van der Waals surface area contributed by atoms with Gasteiger partial charge in [-0.3, -0.25) is 14.3 Å². The van der Waals surface area contributed by atoms with E-state index >= 15 is 0 Å². The van der Waals surface area contributed by atoms with Crippen molar-refractivity contribution in [3.05, 3.63) is 51.9 Å². The number of H-pyrrole nitrogens is 1. The molecule has 0 radical (unpaired) electrons. The van der Waals surface area contributed by atoms with E-state index in [0.29, 0.717) is 16.7 Å². The number of carbonyl (C=O) groups is 1. The van der Waals surface area contributed by atoms with Gasteiger partial charge in [-0.15, -0.1) is 0 Å². The molecule has 0 aliphatic rings. The van der Waals surface area contributed by atoms with Gasteiger partial charge in [0.1, 0.15) is 17.0 Å². The lowest BCUT2D eigenvalue weighted by Crippen LogP contribution is -2.24. The number of aromatic hydroxyl groups is 1. The number of anilines is 1. The van der Waals surface area contributed by atoms with Crippen molar-refractivity contribution in [1.29, 1.82) is 0 Å². The second-order valence-electron chi connectivity index (χ2n) is 4.98. The smallest absolute Gasteiger partial charge is 0.266 e. The molecule has 7 heteroatoms. The van der Waals surface area contributed by atoms with Crippen molar-refractivity contribution in [1.82, 2.24) is 14.8 Å². The molecule has 1 amide bonds. The molecule has 0 atom stereocenters. The molecule has 3 rings (SSSR count). The number of hydrogen-bond acceptors (Lipinski definition) is 4. The van der Waals surface area contributed by atoms with Gasteiger partial charge in [0, 0.05) is 12.7 Å². The highest BCUT2D eigenvalue weighted by molar-refractivity contribution is 6.08. The predicted octanol–water partition coefficient (Wildman–Crippen LogP) is 1.53. The van der Waals surface area contributed by atoms with Crippen LogP contribution in [0.4, 0.5) is 5.69 Å². The summed E-state index contributed by atoms with van der Waals surface area (Å²) in [6.45, 7) is 1.84. The number of rotatable bonds is 2. The van der Waals surface area contributed by atoms with Crippen LogP contribution in [0.1, 0.15) is 15.9 Å². The fourth-order valence-corrected chi connectivity index (χ4v) is 2.28. The first-order valence-electron chi connectivity index (χ1n) is 6.63. The van der Waals surface area contributed by atoms with Crippen LogP contribution in [0.5, 0.6) is 5.75 Å². The van der Waals surface area contributed by atoms with Crippen LogP contribution in [0, 0.1) is 6.92 Å². The summed E-state index contributed by atoms with van der Waals surface area (Å²) in [4.78, 5) is 27.0. The molecule has 0 saturated heterocycles. The normalized spacial score (nSPS) is 10.8. The molecule has 2 aromatic heterocycles. The van der Waals surface area contributed by atoms with E-state index in [2.05, 4.69) is 15.4 Å². The largest absolute Gasteiger partial charge is 0.506 e. The molecule has 0 fully saturated rings. The molecular weight excluding hydrogens is 284 g/mol. The fourth-order valence-electron chi connectivity index (χ4n) is 2.28. The Morgan fingerprint density at radius 2 is 2.09 bits per heavy atom. The van der Waals surface area contributed by atoms with E-state index < -0.39 is 11.5 Å². The molecule has 0 aliphatic heterocycles. The van der Waals surface area contributed by atoms with E-state index in [1.54, 1.807) is 19.2 Å². The quantitative estimate of drug-likeness (QED) is 0.668. The van der Waals surface area contributed by atoms with Gasteiger partial charge in [-0.25, -0.2) is 0 Å². The maximum atomic E-state index is 12.3. The number of nitrogens with zero attached hydrogens (tertiary/aromatic N) is 2. The van der Waals surface area contributed by atoms with Gasteiger partial charge >= 0.3 is 0 Å². The van der Waals surface area contributed by atoms with Crippen molar-refractivity contribution in [3.8, 4) is 5.75 Å². The van der Waals surface area contributed by atoms with Crippen LogP contribution in [-0.2, 0) is 7.05 Å². The highest BCUT2D eigenvalue weighted by atomic mass is 16.3. The molecule has 112 valence electrons. The number of amides is 1. The van der Waals surface area contributed by atoms with Crippen LogP contribution in [0.3, 0.4) is 0 Å². The Bertz CT molecular complexity index is 940. The maximum absolute atomic E-state index is 12.3. The Morgan fingerprint density at radius 1 is 1.36 bits per heavy atom. The summed E-state index contributed by atoms with van der Waals surface area (Å²) in [5, 5.41) is 17.1. The molecule has 0 aliphatic carbocycles. The molecule has 3 aromatic rings. The predicted molar refractivity (Wildman–Crippen MR) is 82.1 cm³/mol. The Morgan fingerprint density at radius 3 is 2.82 bits per heavy atom. The summed E-state index contributed by atoms with van der Waals surface area (Å²) in [6, 6.07) is 7.18. The second kappa shape index (κ2) is 5.03. The van der Waals surface area contributed by atoms with E-state index in [0.717, 1.165) is 5.56 Å². The molecule has 7 nitrogen and oxygen atoms in total. The average Bonchev–Trinajstić information content (AvgIpc) is 2.83. The number of pyridine rings is 1. The van der Waals surface area contributed by atoms with Crippen molar-refractivity contribution in [3.63, 3.8) is 0 Å². The lowest BCUT2D eigenvalue weighted by atomic mass is 10.1. The number of aryl methyl sites for hydroxylation is 2. The number of para-hydroxylation sites is 1. The molecule has 0 spiro atoms. The first-order valence-corrected chi connectivity index (χ1v) is 6.63. The molecule has 0 bridgehead atoms. The third kappa shape index (κ3) is 2.12. The number of hydrogen-bond donors (Lipinski definition) is 3. The van der Waals surface area contributed by atoms with Gasteiger partial charge < -0.3 is 15.4 Å². The third-order valence-corrected chi connectivity index (χ3v) is 3.51. The van der Waals surface area contributed by atoms with Crippen LogP contribution in [0.2, 0.25) is 0 Å². The summed E-state index contributed by atoms with van der Waals surface area (Å²) in [7, 11) is 1.63. The maximum Gasteiger partial charge on any atom is 0.266 e. The zero-order valence-corrected chi connectivity index (χ0v) is 12.0. The molecule has 3 N–H and O–H groups in total. The van der Waals surface area contributed by atoms with Gasteiger partial charge in [0.05, 0.1) is 11.6 Å². The van der Waals surface area contributed by atoms with E-state index in [-0.39, 0.29) is 11.3 Å². The first-order chi connectivity index (χ1) is 10.5. The molecular formula is C15H14N4O3. The van der Waals surface area contributed by atoms with Crippen LogP contribution in [0.15, 0.2) is 35.3 Å². The number of carbonyl (C=O) groups excluding carboxylic acids is 1. The van der Waals surface area contributed by atoms with Crippen molar-refractivity contribution in [2.45, 2.75) is 6.92 Å². The van der Waals surface area contributed by atoms with Crippen molar-refractivity contribution >= 4 is 22.6 Å². The monoisotopic (exact) mass is 298 g/mol. The molecule has 0 saturated carbocycles. The first kappa shape index (κ1) is 13.9. The summed E-state index contributed by atoms with van der Waals surface area (Å²) in [5.41, 5.74) is 0.796. The Labute approximate surface area is 125 Å². The summed E-state index contributed by atoms with van der Waals surface area (Å²) >= 11 is 0. The minimum atomic E-state index is -0.668. The van der Waals surface area contributed by atoms with Crippen LogP contribution >= 0.6 is 0 Å². The molecule has 2 heterocycles. The lowest BCUT2D eigenvalue weighted by molar-refractivity contribution is 0.102. The third-order valence-electron chi connectivity index (χ3n) is 3.51. The van der Waals surface area contributed by atoms with Crippen molar-refractivity contribution in [2.24, 2.45) is 7.05 Å². The number of benzene rings is 1. The number of aromatic amines is 1. The zero-order valence-electron chi connectivity index (χ0n) is 12.0. The van der Waals surface area contributed by atoms with E-state index in [4.69, 9.17) is 0 Å². The van der Waals surface area contributed by atoms with E-state index in [1.807, 2.05) is 19.1 Å². The number of nitrogens with one attached hydrogen (secondary N) is 2. The van der Waals surface area contributed by atoms with Crippen LogP contribution in [0.25, 0.3) is 11.0 Å². The van der Waals surface area contributed by atoms with Gasteiger partial charge in [0.25, 0.3) is 11.5 Å². The molecule has 22 heavy (non-hydrogen) atoms. The highest BCUT2D eigenvalue weighted by Crippen LogP contribution is 2.25. The van der Waals surface area contributed by atoms with Crippen LogP contribution < -0.4 is 10.9 Å². The van der Waals surface area contributed by atoms with Crippen LogP contribution in [-0.4, -0.2) is 25.8 Å². The van der Waals surface area contributed by atoms with Gasteiger partial charge in [-0.1, -0.05) is 18.2 Å². The Balaban J connectivity index is 2.08. The standard InChI is InChI=1S/C15H14N4O3/c1-8-5-3-4-6-10(8)17-14(21)11-12(20)9-7-16-19(2)13(9)18-15(11)22/h3-7H,1-2H3,(H,17,21)(H2,18,20,22). The van der Waals surface area contributed by atoms with E-state index in [9.17, 15) is 14.7 Å². The second-order valence-corrected chi connectivity index (χ2v) is 4.98. The fraction of sp³-hybridized carbons (Fsp3) is 0.133. The zero-order chi connectivity index (χ0) is 15.9. The number of aromatic nitrogens is 3. The summed E-state index contributed by atoms with van der Waals surface area (Å²) < 4.78 is 1.42. The highest BCUT2D eigenvalue weighted by Gasteiger charge is 2.21. The SMILES string of the molecule is Cc1ccccc1NC(=O)c1c(O)c2cnn(C)c2[nH]c1=O. The van der Waals surface area contributed by atoms with E-state index in [1.165, 1.54) is 10.9 Å². The summed E-state index contributed by atoms with van der Waals surface area (Å²) in [5.74, 6) is -1.04. The average molecular weight is 298 g/mol. The lowest BCUT2D eigenvalue weighted by Gasteiger charge is -2.09. The topological polar surface area (TPSA) is 100 Å². The Hall–Kier alpha value is -3.09. The minimum absolute atomic E-state index is 0.317. The van der Waals surface area contributed by atoms with Gasteiger partial charge in [-0.2, -0.15) is 5.10 Å². The molecule has 1 aromatic carbocycles. The van der Waals surface area contributed by atoms with Crippen molar-refractivity contribution in [2.75, 3.05) is 5.32 Å². The number of fused-ring (bicyclic) bond motifs is 1. The van der Waals surface area contributed by atoms with Gasteiger partial charge in [0.2, 0.25) is 0 Å². The van der Waals surface area contributed by atoms with Gasteiger partial charge in [0.15, 0.2) is 0 Å². The van der Waals surface area contributed by atoms with Gasteiger partial charge in [-0.05, 0) is 18.6 Å². The summed E-state index contributed by atoms with van der Waals surface area (Å²) in [6.07, 6.45) is 1.39. The van der Waals surface area contributed by atoms with Crippen molar-refractivity contribution < 1.29 is 9.90 Å². The Kier molecular flexibility index (Phi) is 3.17. The molecule has 0 unspecified atom stereocenters. The minimum Gasteiger partial charge on any atom is -0.506 e.